The molecule has 5 rings (SSSR count). The zero-order valence-electron chi connectivity index (χ0n) is 15.9. The molecule has 0 amide bonds. The number of aryl methyl sites for hydroxylation is 1. The van der Waals surface area contributed by atoms with Crippen molar-refractivity contribution < 1.29 is 13.9 Å². The van der Waals surface area contributed by atoms with Gasteiger partial charge in [0, 0.05) is 24.0 Å². The molecule has 1 aliphatic rings. The number of aliphatic hydroxyl groups excluding tert-OH is 1. The molecule has 6 heteroatoms. The summed E-state index contributed by atoms with van der Waals surface area (Å²) in [6.45, 7) is 0.662. The summed E-state index contributed by atoms with van der Waals surface area (Å²) in [5.74, 6) is 0.208. The smallest absolute Gasteiger partial charge is 0.169 e. The maximum absolute atomic E-state index is 14.2. The summed E-state index contributed by atoms with van der Waals surface area (Å²) in [5.41, 5.74) is 3.28. The number of furan rings is 1. The molecular formula is C23H22FN3O2. The lowest BCUT2D eigenvalue weighted by Gasteiger charge is -2.37. The number of nitrogens with zero attached hydrogens (tertiary/aromatic N) is 2. The Morgan fingerprint density at radius 3 is 2.90 bits per heavy atom. The number of H-pyrrole nitrogens is 1. The van der Waals surface area contributed by atoms with Crippen LogP contribution in [0.2, 0.25) is 0 Å². The summed E-state index contributed by atoms with van der Waals surface area (Å²) in [5, 5.41) is 11.7. The fourth-order valence-corrected chi connectivity index (χ4v) is 4.20. The molecule has 0 saturated carbocycles. The molecule has 1 unspecified atom stereocenters. The van der Waals surface area contributed by atoms with E-state index >= 15 is 0 Å². The molecule has 0 fully saturated rings. The standard InChI is InChI=1S/C23H22FN3O2/c24-17-8-4-7-16-13-19(29-23(16)17)22-21-18(25-14-26-21)11-12-27(22)20(28)10-9-15-5-2-1-3-6-15/h1-8,13-14,20,22,28H,9-12H2,(H,25,26)/t20?,22-/m1/s1. The van der Waals surface area contributed by atoms with Crippen LogP contribution in [0.15, 0.2) is 65.3 Å². The van der Waals surface area contributed by atoms with Crippen molar-refractivity contribution in [1.82, 2.24) is 14.9 Å². The van der Waals surface area contributed by atoms with Gasteiger partial charge in [-0.1, -0.05) is 42.5 Å². The zero-order chi connectivity index (χ0) is 19.8. The molecule has 5 nitrogen and oxygen atoms in total. The Labute approximate surface area is 167 Å². The average molecular weight is 391 g/mol. The van der Waals surface area contributed by atoms with E-state index in [1.54, 1.807) is 12.4 Å². The van der Waals surface area contributed by atoms with Crippen LogP contribution < -0.4 is 0 Å². The summed E-state index contributed by atoms with van der Waals surface area (Å²) < 4.78 is 20.1. The minimum Gasteiger partial charge on any atom is -0.456 e. The van der Waals surface area contributed by atoms with Gasteiger partial charge in [-0.05, 0) is 30.5 Å². The van der Waals surface area contributed by atoms with E-state index in [0.717, 1.165) is 24.2 Å². The molecule has 2 aromatic heterocycles. The third kappa shape index (κ3) is 3.34. The van der Waals surface area contributed by atoms with Gasteiger partial charge in [0.05, 0.1) is 12.0 Å². The van der Waals surface area contributed by atoms with E-state index in [1.807, 2.05) is 35.2 Å². The second-order valence-electron chi connectivity index (χ2n) is 7.47. The molecule has 0 saturated heterocycles. The van der Waals surface area contributed by atoms with Crippen molar-refractivity contribution in [3.63, 3.8) is 0 Å². The molecule has 2 N–H and O–H groups in total. The summed E-state index contributed by atoms with van der Waals surface area (Å²) in [4.78, 5) is 9.68. The maximum atomic E-state index is 14.2. The van der Waals surface area contributed by atoms with E-state index in [4.69, 9.17) is 4.42 Å². The zero-order valence-corrected chi connectivity index (χ0v) is 15.9. The summed E-state index contributed by atoms with van der Waals surface area (Å²) in [7, 11) is 0. The number of benzene rings is 2. The largest absolute Gasteiger partial charge is 0.456 e. The number of aliphatic hydroxyl groups is 1. The second-order valence-corrected chi connectivity index (χ2v) is 7.47. The van der Waals surface area contributed by atoms with Crippen molar-refractivity contribution in [2.45, 2.75) is 31.5 Å². The van der Waals surface area contributed by atoms with Gasteiger partial charge >= 0.3 is 0 Å². The first-order chi connectivity index (χ1) is 14.2. The number of rotatable bonds is 5. The summed E-state index contributed by atoms with van der Waals surface area (Å²) in [6, 6.07) is 16.5. The predicted octanol–water partition coefficient (Wildman–Crippen LogP) is 4.19. The van der Waals surface area contributed by atoms with Crippen LogP contribution in [0.5, 0.6) is 0 Å². The van der Waals surface area contributed by atoms with Crippen LogP contribution in [0, 0.1) is 5.82 Å². The molecular weight excluding hydrogens is 369 g/mol. The van der Waals surface area contributed by atoms with Gasteiger partial charge in [-0.3, -0.25) is 4.90 Å². The lowest BCUT2D eigenvalue weighted by molar-refractivity contribution is -0.0307. The number of hydrogen-bond acceptors (Lipinski definition) is 4. The number of nitrogens with one attached hydrogen (secondary N) is 1. The summed E-state index contributed by atoms with van der Waals surface area (Å²) in [6.07, 6.45) is 3.13. The SMILES string of the molecule is OC(CCc1ccccc1)N1CCc2[nH]cnc2[C@H]1c1cc2cccc(F)c2o1. The van der Waals surface area contributed by atoms with Crippen LogP contribution in [-0.2, 0) is 12.8 Å². The number of aromatic amines is 1. The number of para-hydroxylation sites is 1. The van der Waals surface area contributed by atoms with Crippen molar-refractivity contribution in [1.29, 1.82) is 0 Å². The van der Waals surface area contributed by atoms with Gasteiger partial charge in [0.2, 0.25) is 0 Å². The first kappa shape index (κ1) is 18.1. The summed E-state index contributed by atoms with van der Waals surface area (Å²) >= 11 is 0. The van der Waals surface area contributed by atoms with Gasteiger partial charge in [0.15, 0.2) is 11.4 Å². The van der Waals surface area contributed by atoms with Crippen molar-refractivity contribution in [2.24, 2.45) is 0 Å². The average Bonchev–Trinajstić information content (AvgIpc) is 3.39. The Morgan fingerprint density at radius 1 is 1.21 bits per heavy atom. The van der Waals surface area contributed by atoms with Crippen LogP contribution in [0.1, 0.15) is 35.2 Å². The van der Waals surface area contributed by atoms with E-state index in [0.29, 0.717) is 24.1 Å². The number of aromatic nitrogens is 2. The van der Waals surface area contributed by atoms with Gasteiger partial charge < -0.3 is 14.5 Å². The van der Waals surface area contributed by atoms with Gasteiger partial charge in [-0.25, -0.2) is 9.37 Å². The van der Waals surface area contributed by atoms with E-state index in [-0.39, 0.29) is 17.4 Å². The van der Waals surface area contributed by atoms with Crippen molar-refractivity contribution in [3.8, 4) is 0 Å². The van der Waals surface area contributed by atoms with Crippen LogP contribution in [0.3, 0.4) is 0 Å². The lowest BCUT2D eigenvalue weighted by Crippen LogP contribution is -2.43. The molecule has 29 heavy (non-hydrogen) atoms. The van der Waals surface area contributed by atoms with Crippen LogP contribution >= 0.6 is 0 Å². The van der Waals surface area contributed by atoms with Gasteiger partial charge in [0.25, 0.3) is 0 Å². The predicted molar refractivity (Wildman–Crippen MR) is 108 cm³/mol. The van der Waals surface area contributed by atoms with Gasteiger partial charge in [0.1, 0.15) is 18.0 Å². The normalized spacial score (nSPS) is 18.1. The van der Waals surface area contributed by atoms with E-state index in [2.05, 4.69) is 22.1 Å². The Morgan fingerprint density at radius 2 is 2.07 bits per heavy atom. The Hall–Kier alpha value is -2.96. The first-order valence-electron chi connectivity index (χ1n) is 9.88. The molecule has 2 atom stereocenters. The Balaban J connectivity index is 1.47. The Bertz CT molecular complexity index is 1120. The third-order valence-corrected chi connectivity index (χ3v) is 5.66. The molecule has 3 heterocycles. The highest BCUT2D eigenvalue weighted by atomic mass is 19.1. The molecule has 0 aliphatic carbocycles. The quantitative estimate of drug-likeness (QED) is 0.535. The van der Waals surface area contributed by atoms with Crippen molar-refractivity contribution in [2.75, 3.05) is 6.54 Å². The van der Waals surface area contributed by atoms with Crippen LogP contribution in [0.4, 0.5) is 4.39 Å². The number of imidazole rings is 1. The number of halogens is 1. The van der Waals surface area contributed by atoms with E-state index < -0.39 is 6.23 Å². The molecule has 148 valence electrons. The fraction of sp³-hybridized carbons (Fsp3) is 0.261. The molecule has 0 radical (unpaired) electrons. The first-order valence-corrected chi connectivity index (χ1v) is 9.88. The molecule has 4 aromatic rings. The molecule has 0 spiro atoms. The minimum absolute atomic E-state index is 0.240. The minimum atomic E-state index is -0.664. The molecule has 2 aromatic carbocycles. The lowest BCUT2D eigenvalue weighted by atomic mass is 9.98. The van der Waals surface area contributed by atoms with Gasteiger partial charge in [-0.2, -0.15) is 0 Å². The maximum Gasteiger partial charge on any atom is 0.169 e. The number of hydrogen-bond donors (Lipinski definition) is 2. The fourth-order valence-electron chi connectivity index (χ4n) is 4.20. The van der Waals surface area contributed by atoms with Crippen LogP contribution in [-0.4, -0.2) is 32.7 Å². The number of fused-ring (bicyclic) bond motifs is 2. The highest BCUT2D eigenvalue weighted by molar-refractivity contribution is 5.78. The molecule has 1 aliphatic heterocycles. The second kappa shape index (κ2) is 7.46. The third-order valence-electron chi connectivity index (χ3n) is 5.66. The van der Waals surface area contributed by atoms with Crippen molar-refractivity contribution >= 4 is 11.0 Å². The van der Waals surface area contributed by atoms with Crippen LogP contribution in [0.25, 0.3) is 11.0 Å². The topological polar surface area (TPSA) is 65.3 Å². The molecule has 0 bridgehead atoms. The Kier molecular flexibility index (Phi) is 4.66. The monoisotopic (exact) mass is 391 g/mol. The highest BCUT2D eigenvalue weighted by Crippen LogP contribution is 2.38. The van der Waals surface area contributed by atoms with Crippen molar-refractivity contribution in [3.05, 3.63) is 89.5 Å². The highest BCUT2D eigenvalue weighted by Gasteiger charge is 2.36. The van der Waals surface area contributed by atoms with Gasteiger partial charge in [-0.15, -0.1) is 0 Å². The van der Waals surface area contributed by atoms with E-state index in [1.165, 1.54) is 11.6 Å². The van der Waals surface area contributed by atoms with E-state index in [9.17, 15) is 9.50 Å².